The summed E-state index contributed by atoms with van der Waals surface area (Å²) in [4.78, 5) is 0. The summed E-state index contributed by atoms with van der Waals surface area (Å²) in [5.74, 6) is 0.792. The Labute approximate surface area is 127 Å². The number of nitrogens with zero attached hydrogens (tertiary/aromatic N) is 1. The Bertz CT molecular complexity index is 380. The van der Waals surface area contributed by atoms with E-state index in [2.05, 4.69) is 78.1 Å². The minimum absolute atomic E-state index is 0.771. The lowest BCUT2D eigenvalue weighted by Crippen LogP contribution is -2.51. The average Bonchev–Trinajstić information content (AvgIpc) is 2.74. The molecule has 0 spiro atoms. The number of hydrogen-bond donors (Lipinski definition) is 0. The van der Waals surface area contributed by atoms with E-state index in [0.29, 0.717) is 0 Å². The van der Waals surface area contributed by atoms with Gasteiger partial charge in [0.25, 0.3) is 0 Å². The molecule has 116 valence electrons. The predicted octanol–water partition coefficient (Wildman–Crippen LogP) is 6.10. The van der Waals surface area contributed by atoms with Gasteiger partial charge in [-0.2, -0.15) is 0 Å². The average molecular weight is 294 g/mol. The lowest BCUT2D eigenvalue weighted by atomic mass is 10.1. The summed E-state index contributed by atoms with van der Waals surface area (Å²) >= 11 is 0. The molecule has 1 rings (SSSR count). The molecule has 0 unspecified atom stereocenters. The van der Waals surface area contributed by atoms with Crippen LogP contribution in [0.25, 0.3) is 0 Å². The first-order valence-electron chi connectivity index (χ1n) is 8.40. The standard InChI is InChI=1S/C18H35NSi/c1-14(2)9-10-18-11-12-19(13-18)20(15(3)4,16(5)6)17(7)8/h11-17H,9-10H2,1-8H3. The summed E-state index contributed by atoms with van der Waals surface area (Å²) in [7, 11) is -1.52. The fraction of sp³-hybridized carbons (Fsp3) is 0.778. The molecule has 0 saturated carbocycles. The van der Waals surface area contributed by atoms with Crippen LogP contribution in [0.4, 0.5) is 0 Å². The Balaban J connectivity index is 3.10. The molecule has 1 aromatic heterocycles. The van der Waals surface area contributed by atoms with Crippen molar-refractivity contribution in [1.82, 2.24) is 4.23 Å². The smallest absolute Gasteiger partial charge is 0.168 e. The van der Waals surface area contributed by atoms with Gasteiger partial charge in [0.1, 0.15) is 0 Å². The first kappa shape index (κ1) is 17.5. The van der Waals surface area contributed by atoms with E-state index >= 15 is 0 Å². The van der Waals surface area contributed by atoms with Crippen LogP contribution in [-0.4, -0.2) is 12.5 Å². The van der Waals surface area contributed by atoms with E-state index in [4.69, 9.17) is 0 Å². The summed E-state index contributed by atoms with van der Waals surface area (Å²) in [6, 6.07) is 2.36. The summed E-state index contributed by atoms with van der Waals surface area (Å²) in [5, 5.41) is 0. The van der Waals surface area contributed by atoms with E-state index in [0.717, 1.165) is 22.5 Å². The van der Waals surface area contributed by atoms with Crippen molar-refractivity contribution >= 4 is 8.24 Å². The van der Waals surface area contributed by atoms with Crippen LogP contribution in [-0.2, 0) is 6.42 Å². The molecule has 20 heavy (non-hydrogen) atoms. The topological polar surface area (TPSA) is 4.93 Å². The van der Waals surface area contributed by atoms with Crippen molar-refractivity contribution in [3.8, 4) is 0 Å². The van der Waals surface area contributed by atoms with Gasteiger partial charge in [-0.1, -0.05) is 55.4 Å². The number of aromatic nitrogens is 1. The summed E-state index contributed by atoms with van der Waals surface area (Å²) in [6.45, 7) is 19.2. The van der Waals surface area contributed by atoms with Crippen molar-refractivity contribution in [2.24, 2.45) is 5.92 Å². The molecule has 0 radical (unpaired) electrons. The lowest BCUT2D eigenvalue weighted by Gasteiger charge is -2.44. The normalized spacial score (nSPS) is 13.2. The second-order valence-electron chi connectivity index (χ2n) is 7.71. The van der Waals surface area contributed by atoms with Crippen molar-refractivity contribution in [3.63, 3.8) is 0 Å². The van der Waals surface area contributed by atoms with Gasteiger partial charge in [0.05, 0.1) is 0 Å². The van der Waals surface area contributed by atoms with E-state index in [1.807, 2.05) is 0 Å². The van der Waals surface area contributed by atoms with Crippen LogP contribution in [0.15, 0.2) is 18.5 Å². The zero-order valence-corrected chi connectivity index (χ0v) is 15.9. The van der Waals surface area contributed by atoms with Crippen LogP contribution in [0.3, 0.4) is 0 Å². The largest absolute Gasteiger partial charge is 0.379 e. The van der Waals surface area contributed by atoms with Crippen molar-refractivity contribution in [2.75, 3.05) is 0 Å². The highest BCUT2D eigenvalue weighted by molar-refractivity contribution is 6.82. The molecule has 0 fully saturated rings. The van der Waals surface area contributed by atoms with Crippen LogP contribution in [0.2, 0.25) is 16.6 Å². The van der Waals surface area contributed by atoms with Crippen LogP contribution in [0.5, 0.6) is 0 Å². The van der Waals surface area contributed by atoms with E-state index in [1.165, 1.54) is 18.4 Å². The highest BCUT2D eigenvalue weighted by atomic mass is 28.3. The zero-order chi connectivity index (χ0) is 15.5. The Morgan fingerprint density at radius 1 is 0.900 bits per heavy atom. The second-order valence-corrected chi connectivity index (χ2v) is 13.5. The van der Waals surface area contributed by atoms with Gasteiger partial charge in [-0.05, 0) is 59.4 Å². The zero-order valence-electron chi connectivity index (χ0n) is 14.9. The Kier molecular flexibility index (Phi) is 6.12. The van der Waals surface area contributed by atoms with Gasteiger partial charge in [0, 0.05) is 0 Å². The molecule has 0 amide bonds. The van der Waals surface area contributed by atoms with E-state index in [9.17, 15) is 0 Å². The molecule has 1 heterocycles. The van der Waals surface area contributed by atoms with Gasteiger partial charge in [-0.25, -0.2) is 0 Å². The second kappa shape index (κ2) is 6.97. The van der Waals surface area contributed by atoms with Crippen LogP contribution < -0.4 is 0 Å². The fourth-order valence-electron chi connectivity index (χ4n) is 4.18. The molecule has 0 aliphatic heterocycles. The minimum Gasteiger partial charge on any atom is -0.379 e. The first-order valence-corrected chi connectivity index (χ1v) is 10.6. The monoisotopic (exact) mass is 293 g/mol. The van der Waals surface area contributed by atoms with Gasteiger partial charge in [-0.3, -0.25) is 0 Å². The SMILES string of the molecule is CC(C)CCc1ccn([Si](C(C)C)(C(C)C)C(C)C)c1. The maximum Gasteiger partial charge on any atom is 0.168 e. The molecule has 0 saturated heterocycles. The van der Waals surface area contributed by atoms with Crippen LogP contribution in [0.1, 0.15) is 67.4 Å². The van der Waals surface area contributed by atoms with Gasteiger partial charge in [0.2, 0.25) is 0 Å². The molecule has 0 bridgehead atoms. The van der Waals surface area contributed by atoms with Crippen LogP contribution >= 0.6 is 0 Å². The van der Waals surface area contributed by atoms with Gasteiger partial charge in [0.15, 0.2) is 8.24 Å². The van der Waals surface area contributed by atoms with E-state index in [1.54, 1.807) is 0 Å². The maximum absolute atomic E-state index is 2.66. The Hall–Kier alpha value is -0.503. The molecule has 0 aromatic carbocycles. The molecule has 1 nitrogen and oxygen atoms in total. The molecule has 0 aliphatic carbocycles. The Morgan fingerprint density at radius 2 is 1.40 bits per heavy atom. The van der Waals surface area contributed by atoms with E-state index in [-0.39, 0.29) is 0 Å². The number of hydrogen-bond acceptors (Lipinski definition) is 0. The molecule has 0 aliphatic rings. The third-order valence-electron chi connectivity index (χ3n) is 4.99. The highest BCUT2D eigenvalue weighted by Gasteiger charge is 2.44. The molecular formula is C18H35NSi. The molecular weight excluding hydrogens is 258 g/mol. The number of aryl methyl sites for hydroxylation is 1. The predicted molar refractivity (Wildman–Crippen MR) is 94.0 cm³/mol. The quantitative estimate of drug-likeness (QED) is 0.535. The van der Waals surface area contributed by atoms with E-state index < -0.39 is 8.24 Å². The third kappa shape index (κ3) is 3.39. The summed E-state index contributed by atoms with van der Waals surface area (Å²) < 4.78 is 2.66. The summed E-state index contributed by atoms with van der Waals surface area (Å²) in [5.41, 5.74) is 3.84. The lowest BCUT2D eigenvalue weighted by molar-refractivity contribution is 0.586. The molecule has 0 atom stereocenters. The maximum atomic E-state index is 2.66. The fourth-order valence-corrected chi connectivity index (χ4v) is 10.7. The third-order valence-corrected chi connectivity index (χ3v) is 11.7. The van der Waals surface area contributed by atoms with Crippen molar-refractivity contribution in [1.29, 1.82) is 0 Å². The Morgan fingerprint density at radius 3 is 1.80 bits per heavy atom. The molecule has 2 heteroatoms. The minimum atomic E-state index is -1.52. The molecule has 0 N–H and O–H groups in total. The van der Waals surface area contributed by atoms with Gasteiger partial charge in [-0.15, -0.1) is 0 Å². The summed E-state index contributed by atoms with van der Waals surface area (Å²) in [6.07, 6.45) is 7.36. The first-order chi connectivity index (χ1) is 9.22. The molecule has 1 aromatic rings. The van der Waals surface area contributed by atoms with Crippen molar-refractivity contribution < 1.29 is 0 Å². The van der Waals surface area contributed by atoms with Crippen LogP contribution in [0, 0.1) is 5.92 Å². The van der Waals surface area contributed by atoms with Crippen molar-refractivity contribution in [2.45, 2.75) is 84.9 Å². The number of rotatable bonds is 7. The van der Waals surface area contributed by atoms with Crippen molar-refractivity contribution in [3.05, 3.63) is 24.0 Å². The van der Waals surface area contributed by atoms with Gasteiger partial charge >= 0.3 is 0 Å². The van der Waals surface area contributed by atoms with Gasteiger partial charge < -0.3 is 4.23 Å². The highest BCUT2D eigenvalue weighted by Crippen LogP contribution is 2.42.